The minimum absolute atomic E-state index is 0.0273. The van der Waals surface area contributed by atoms with E-state index in [9.17, 15) is 4.79 Å². The van der Waals surface area contributed by atoms with Crippen molar-refractivity contribution in [3.05, 3.63) is 48.0 Å². The van der Waals surface area contributed by atoms with Gasteiger partial charge in [-0.1, -0.05) is 69.4 Å². The van der Waals surface area contributed by atoms with Crippen LogP contribution in [0.4, 0.5) is 0 Å². The lowest BCUT2D eigenvalue weighted by molar-refractivity contribution is 0.0283. The van der Waals surface area contributed by atoms with Crippen LogP contribution in [0.3, 0.4) is 0 Å². The van der Waals surface area contributed by atoms with Gasteiger partial charge in [0.1, 0.15) is 6.10 Å². The van der Waals surface area contributed by atoms with Gasteiger partial charge in [-0.25, -0.2) is 4.79 Å². The molecule has 0 bridgehead atoms. The van der Waals surface area contributed by atoms with Crippen molar-refractivity contribution in [2.24, 2.45) is 0 Å². The third kappa shape index (κ3) is 8.30. The van der Waals surface area contributed by atoms with E-state index in [1.54, 1.807) is 0 Å². The van der Waals surface area contributed by atoms with Crippen molar-refractivity contribution >= 4 is 5.97 Å². The summed E-state index contributed by atoms with van der Waals surface area (Å²) in [6, 6.07) is 10.1. The molecule has 2 rings (SSSR count). The van der Waals surface area contributed by atoms with Crippen molar-refractivity contribution in [1.29, 1.82) is 0 Å². The molecule has 0 aromatic heterocycles. The number of ether oxygens (including phenoxy) is 1. The molecule has 1 atom stereocenters. The lowest BCUT2D eigenvalue weighted by Crippen LogP contribution is -2.33. The molecular formula is C24H37NO2. The summed E-state index contributed by atoms with van der Waals surface area (Å²) in [6.07, 6.45) is 16.4. The fraction of sp³-hybridized carbons (Fsp3) is 0.625. The number of hydrogen-bond donors (Lipinski definition) is 0. The maximum absolute atomic E-state index is 12.4. The van der Waals surface area contributed by atoms with Gasteiger partial charge in [0.25, 0.3) is 0 Å². The first-order valence-electron chi connectivity index (χ1n) is 10.8. The van der Waals surface area contributed by atoms with Crippen molar-refractivity contribution in [2.75, 3.05) is 13.6 Å². The molecule has 0 N–H and O–H groups in total. The van der Waals surface area contributed by atoms with Gasteiger partial charge < -0.3 is 4.74 Å². The Labute approximate surface area is 165 Å². The summed E-state index contributed by atoms with van der Waals surface area (Å²) < 4.78 is 5.80. The molecule has 0 aliphatic heterocycles. The van der Waals surface area contributed by atoms with E-state index in [0.29, 0.717) is 5.56 Å². The zero-order valence-corrected chi connectivity index (χ0v) is 17.2. The largest absolute Gasteiger partial charge is 0.458 e. The molecule has 0 spiro atoms. The van der Waals surface area contributed by atoms with Crippen LogP contribution in [0.15, 0.2) is 42.5 Å². The lowest BCUT2D eigenvalue weighted by Gasteiger charge is -2.30. The first-order valence-corrected chi connectivity index (χ1v) is 10.8. The molecule has 150 valence electrons. The molecule has 0 heterocycles. The fourth-order valence-electron chi connectivity index (χ4n) is 3.80. The highest BCUT2D eigenvalue weighted by molar-refractivity contribution is 5.89. The first-order chi connectivity index (χ1) is 13.2. The highest BCUT2D eigenvalue weighted by Gasteiger charge is 2.17. The number of carbonyl (C=O) groups excluding carboxylic acids is 1. The van der Waals surface area contributed by atoms with E-state index in [1.807, 2.05) is 30.3 Å². The van der Waals surface area contributed by atoms with E-state index < -0.39 is 0 Å². The van der Waals surface area contributed by atoms with Crippen LogP contribution in [0.1, 0.15) is 81.5 Å². The predicted octanol–water partition coefficient (Wildman–Crippen LogP) is 6.00. The van der Waals surface area contributed by atoms with Crippen LogP contribution in [0.2, 0.25) is 0 Å². The third-order valence-corrected chi connectivity index (χ3v) is 5.57. The summed E-state index contributed by atoms with van der Waals surface area (Å²) in [7, 11) is 2.23. The van der Waals surface area contributed by atoms with E-state index >= 15 is 0 Å². The molecule has 0 radical (unpaired) electrons. The van der Waals surface area contributed by atoms with Crippen molar-refractivity contribution in [3.8, 4) is 0 Å². The second kappa shape index (κ2) is 12.7. The van der Waals surface area contributed by atoms with Crippen LogP contribution in [0, 0.1) is 0 Å². The summed E-state index contributed by atoms with van der Waals surface area (Å²) in [6.45, 7) is 3.19. The van der Waals surface area contributed by atoms with Gasteiger partial charge >= 0.3 is 5.97 Å². The Hall–Kier alpha value is -1.61. The lowest BCUT2D eigenvalue weighted by atomic mass is 9.94. The molecule has 1 aromatic carbocycles. The normalized spacial score (nSPS) is 16.7. The van der Waals surface area contributed by atoms with Crippen molar-refractivity contribution in [1.82, 2.24) is 4.90 Å². The summed E-state index contributed by atoms with van der Waals surface area (Å²) in [5.74, 6) is -0.204. The van der Waals surface area contributed by atoms with E-state index in [4.69, 9.17) is 4.74 Å². The number of likely N-dealkylation sites (N-methyl/N-ethyl adjacent to an activating group) is 1. The second-order valence-electron chi connectivity index (χ2n) is 7.83. The number of unbranched alkanes of at least 4 members (excludes halogenated alkanes) is 2. The van der Waals surface area contributed by atoms with Gasteiger partial charge in [-0.2, -0.15) is 0 Å². The Kier molecular flexibility index (Phi) is 10.2. The van der Waals surface area contributed by atoms with Crippen LogP contribution in [-0.2, 0) is 4.74 Å². The maximum atomic E-state index is 12.4. The first kappa shape index (κ1) is 21.7. The molecule has 27 heavy (non-hydrogen) atoms. The topological polar surface area (TPSA) is 29.5 Å². The molecule has 1 saturated carbocycles. The van der Waals surface area contributed by atoms with Gasteiger partial charge in [0.15, 0.2) is 0 Å². The molecule has 3 nitrogen and oxygen atoms in total. The second-order valence-corrected chi connectivity index (χ2v) is 7.83. The number of nitrogens with zero attached hydrogens (tertiary/aromatic N) is 1. The average molecular weight is 372 g/mol. The van der Waals surface area contributed by atoms with Crippen molar-refractivity contribution in [3.63, 3.8) is 0 Å². The Balaban J connectivity index is 1.80. The number of carbonyl (C=O) groups is 1. The van der Waals surface area contributed by atoms with Gasteiger partial charge in [-0.15, -0.1) is 0 Å². The SMILES string of the molecule is CCCCCC(C/C=C/CN(C)C1CCCCC1)OC(=O)c1ccccc1. The minimum Gasteiger partial charge on any atom is -0.458 e. The molecular weight excluding hydrogens is 334 g/mol. The highest BCUT2D eigenvalue weighted by Crippen LogP contribution is 2.21. The number of esters is 1. The van der Waals surface area contributed by atoms with Crippen LogP contribution < -0.4 is 0 Å². The summed E-state index contributed by atoms with van der Waals surface area (Å²) in [5.41, 5.74) is 0.638. The number of hydrogen-bond acceptors (Lipinski definition) is 3. The average Bonchev–Trinajstić information content (AvgIpc) is 2.72. The van der Waals surface area contributed by atoms with E-state index in [0.717, 1.165) is 31.8 Å². The van der Waals surface area contributed by atoms with E-state index in [-0.39, 0.29) is 12.1 Å². The summed E-state index contributed by atoms with van der Waals surface area (Å²) in [4.78, 5) is 14.9. The van der Waals surface area contributed by atoms with Gasteiger partial charge in [-0.3, -0.25) is 4.90 Å². The van der Waals surface area contributed by atoms with Gasteiger partial charge in [-0.05, 0) is 44.9 Å². The Morgan fingerprint density at radius 2 is 1.89 bits per heavy atom. The molecule has 1 aliphatic rings. The molecule has 0 saturated heterocycles. The van der Waals surface area contributed by atoms with Crippen LogP contribution >= 0.6 is 0 Å². The molecule has 1 fully saturated rings. The summed E-state index contributed by atoms with van der Waals surface area (Å²) >= 11 is 0. The van der Waals surface area contributed by atoms with E-state index in [1.165, 1.54) is 44.9 Å². The fourth-order valence-corrected chi connectivity index (χ4v) is 3.80. The molecule has 1 aromatic rings. The zero-order chi connectivity index (χ0) is 19.3. The van der Waals surface area contributed by atoms with Crippen molar-refractivity contribution < 1.29 is 9.53 Å². The monoisotopic (exact) mass is 371 g/mol. The van der Waals surface area contributed by atoms with Crippen LogP contribution in [0.25, 0.3) is 0 Å². The maximum Gasteiger partial charge on any atom is 0.338 e. The minimum atomic E-state index is -0.204. The molecule has 1 aliphatic carbocycles. The van der Waals surface area contributed by atoms with Crippen LogP contribution in [0.5, 0.6) is 0 Å². The van der Waals surface area contributed by atoms with Crippen LogP contribution in [-0.4, -0.2) is 36.6 Å². The smallest absolute Gasteiger partial charge is 0.338 e. The predicted molar refractivity (Wildman–Crippen MR) is 113 cm³/mol. The molecule has 1 unspecified atom stereocenters. The number of benzene rings is 1. The number of rotatable bonds is 11. The standard InChI is InChI=1S/C24H37NO2/c1-3-4-7-18-23(27-24(26)21-14-8-5-9-15-21)19-12-13-20-25(2)22-16-10-6-11-17-22/h5,8-9,12-15,22-23H,3-4,6-7,10-11,16-20H2,1-2H3/b13-12+. The van der Waals surface area contributed by atoms with Gasteiger partial charge in [0.05, 0.1) is 5.56 Å². The Morgan fingerprint density at radius 3 is 2.59 bits per heavy atom. The Bertz CT molecular complexity index is 549. The highest BCUT2D eigenvalue weighted by atomic mass is 16.5. The molecule has 0 amide bonds. The van der Waals surface area contributed by atoms with Gasteiger partial charge in [0.2, 0.25) is 0 Å². The molecule has 3 heteroatoms. The van der Waals surface area contributed by atoms with Gasteiger partial charge in [0, 0.05) is 19.0 Å². The Morgan fingerprint density at radius 1 is 1.15 bits per heavy atom. The summed E-state index contributed by atoms with van der Waals surface area (Å²) in [5, 5.41) is 0. The quantitative estimate of drug-likeness (QED) is 0.271. The third-order valence-electron chi connectivity index (χ3n) is 5.57. The zero-order valence-electron chi connectivity index (χ0n) is 17.2. The van der Waals surface area contributed by atoms with E-state index in [2.05, 4.69) is 31.0 Å². The van der Waals surface area contributed by atoms with Crippen molar-refractivity contribution in [2.45, 2.75) is 83.3 Å².